The summed E-state index contributed by atoms with van der Waals surface area (Å²) in [6, 6.07) is 6.14. The smallest absolute Gasteiger partial charge is 0.419 e. The summed E-state index contributed by atoms with van der Waals surface area (Å²) >= 11 is 0. The average molecular weight is 352 g/mol. The third-order valence-corrected chi connectivity index (χ3v) is 4.18. The van der Waals surface area contributed by atoms with Crippen molar-refractivity contribution in [3.63, 3.8) is 0 Å². The van der Waals surface area contributed by atoms with Crippen LogP contribution in [0.3, 0.4) is 0 Å². The van der Waals surface area contributed by atoms with E-state index in [4.69, 9.17) is 4.74 Å². The number of alkyl halides is 3. The van der Waals surface area contributed by atoms with Gasteiger partial charge in [0.05, 0.1) is 12.7 Å². The minimum atomic E-state index is -4.39. The van der Waals surface area contributed by atoms with Crippen LogP contribution in [-0.4, -0.2) is 48.2 Å². The molecule has 0 atom stereocenters. The number of hydrogen-bond acceptors (Lipinski definition) is 5. The molecule has 2 aromatic heterocycles. The molecule has 0 radical (unpaired) electrons. The second-order valence-electron chi connectivity index (χ2n) is 5.84. The van der Waals surface area contributed by atoms with E-state index in [0.717, 1.165) is 11.6 Å². The molecule has 8 heteroatoms. The topological polar surface area (TPSA) is 41.5 Å². The number of aromatic nitrogens is 2. The number of hydrogen-bond donors (Lipinski definition) is 0. The Kier molecular flexibility index (Phi) is 5.08. The average Bonchev–Trinajstić information content (AvgIpc) is 2.62. The Balaban J connectivity index is 1.62. The maximum Gasteiger partial charge on any atom is 0.419 e. The Morgan fingerprint density at radius 2 is 1.84 bits per heavy atom. The minimum absolute atomic E-state index is 0.0146. The molecule has 0 spiro atoms. The molecule has 134 valence electrons. The van der Waals surface area contributed by atoms with E-state index < -0.39 is 11.7 Å². The highest BCUT2D eigenvalue weighted by Gasteiger charge is 2.36. The first kappa shape index (κ1) is 17.5. The van der Waals surface area contributed by atoms with Gasteiger partial charge >= 0.3 is 6.18 Å². The lowest BCUT2D eigenvalue weighted by Gasteiger charge is -2.36. The lowest BCUT2D eigenvalue weighted by molar-refractivity contribution is -0.137. The fraction of sp³-hybridized carbons (Fsp3) is 0.412. The van der Waals surface area contributed by atoms with Gasteiger partial charge in [-0.3, -0.25) is 4.90 Å². The van der Waals surface area contributed by atoms with Crippen molar-refractivity contribution in [2.45, 2.75) is 12.7 Å². The van der Waals surface area contributed by atoms with E-state index >= 15 is 0 Å². The van der Waals surface area contributed by atoms with Crippen LogP contribution in [0.2, 0.25) is 0 Å². The molecule has 0 bridgehead atoms. The Labute approximate surface area is 144 Å². The number of anilines is 1. The van der Waals surface area contributed by atoms with Gasteiger partial charge in [-0.05, 0) is 17.7 Å². The van der Waals surface area contributed by atoms with E-state index in [2.05, 4.69) is 14.9 Å². The molecule has 3 heterocycles. The lowest BCUT2D eigenvalue weighted by Crippen LogP contribution is -2.46. The molecule has 25 heavy (non-hydrogen) atoms. The van der Waals surface area contributed by atoms with Crippen LogP contribution in [0.15, 0.2) is 36.7 Å². The molecule has 1 aliphatic heterocycles. The predicted octanol–water partition coefficient (Wildman–Crippen LogP) is 2.83. The molecule has 1 saturated heterocycles. The van der Waals surface area contributed by atoms with Crippen molar-refractivity contribution in [3.05, 3.63) is 47.8 Å². The standard InChI is InChI=1S/C17H19F3N4O/c1-25-15-5-4-13(11-22-15)12-23-7-9-24(10-8-23)16-14(17(18,19)20)3-2-6-21-16/h2-6,11H,7-10,12H2,1H3. The van der Waals surface area contributed by atoms with Gasteiger partial charge in [0.15, 0.2) is 0 Å². The Morgan fingerprint density at radius 3 is 2.44 bits per heavy atom. The van der Waals surface area contributed by atoms with Gasteiger partial charge in [-0.2, -0.15) is 13.2 Å². The summed E-state index contributed by atoms with van der Waals surface area (Å²) in [7, 11) is 1.56. The summed E-state index contributed by atoms with van der Waals surface area (Å²) in [6.45, 7) is 3.05. The van der Waals surface area contributed by atoms with Crippen LogP contribution in [0.5, 0.6) is 5.88 Å². The van der Waals surface area contributed by atoms with Gasteiger partial charge in [0.25, 0.3) is 0 Å². The van der Waals surface area contributed by atoms with Crippen molar-refractivity contribution in [1.29, 1.82) is 0 Å². The van der Waals surface area contributed by atoms with E-state index in [1.807, 2.05) is 6.07 Å². The zero-order valence-corrected chi connectivity index (χ0v) is 13.8. The molecule has 0 amide bonds. The van der Waals surface area contributed by atoms with Gasteiger partial charge in [0.1, 0.15) is 5.82 Å². The van der Waals surface area contributed by atoms with Crippen molar-refractivity contribution in [2.75, 3.05) is 38.2 Å². The Bertz CT molecular complexity index is 698. The van der Waals surface area contributed by atoms with E-state index in [-0.39, 0.29) is 5.82 Å². The number of pyridine rings is 2. The van der Waals surface area contributed by atoms with Gasteiger partial charge in [0.2, 0.25) is 5.88 Å². The quantitative estimate of drug-likeness (QED) is 0.846. The third kappa shape index (κ3) is 4.19. The highest BCUT2D eigenvalue weighted by molar-refractivity contribution is 5.48. The number of rotatable bonds is 4. The van der Waals surface area contributed by atoms with E-state index in [9.17, 15) is 13.2 Å². The second kappa shape index (κ2) is 7.26. The molecule has 0 aromatic carbocycles. The fourth-order valence-electron chi connectivity index (χ4n) is 2.87. The van der Waals surface area contributed by atoms with Crippen LogP contribution in [0.1, 0.15) is 11.1 Å². The zero-order chi connectivity index (χ0) is 17.9. The normalized spacial score (nSPS) is 16.1. The molecule has 0 saturated carbocycles. The summed E-state index contributed by atoms with van der Waals surface area (Å²) in [5.74, 6) is 0.573. The van der Waals surface area contributed by atoms with Crippen LogP contribution in [-0.2, 0) is 12.7 Å². The van der Waals surface area contributed by atoms with Crippen molar-refractivity contribution < 1.29 is 17.9 Å². The molecule has 1 aliphatic rings. The first-order valence-corrected chi connectivity index (χ1v) is 7.96. The van der Waals surface area contributed by atoms with Crippen LogP contribution >= 0.6 is 0 Å². The molecule has 0 aliphatic carbocycles. The van der Waals surface area contributed by atoms with Gasteiger partial charge in [-0.15, -0.1) is 0 Å². The SMILES string of the molecule is COc1ccc(CN2CCN(c3ncccc3C(F)(F)F)CC2)cn1. The number of ether oxygens (including phenoxy) is 1. The van der Waals surface area contributed by atoms with Crippen LogP contribution in [0, 0.1) is 0 Å². The van der Waals surface area contributed by atoms with E-state index in [1.54, 1.807) is 24.3 Å². The Morgan fingerprint density at radius 1 is 1.08 bits per heavy atom. The number of nitrogens with zero attached hydrogens (tertiary/aromatic N) is 4. The van der Waals surface area contributed by atoms with Gasteiger partial charge in [0, 0.05) is 51.2 Å². The monoisotopic (exact) mass is 352 g/mol. The second-order valence-corrected chi connectivity index (χ2v) is 5.84. The summed E-state index contributed by atoms with van der Waals surface area (Å²) in [6.07, 6.45) is -1.23. The van der Waals surface area contributed by atoms with Crippen LogP contribution in [0.25, 0.3) is 0 Å². The molecule has 1 fully saturated rings. The van der Waals surface area contributed by atoms with Gasteiger partial charge < -0.3 is 9.64 Å². The van der Waals surface area contributed by atoms with Crippen LogP contribution in [0.4, 0.5) is 19.0 Å². The first-order valence-electron chi connectivity index (χ1n) is 7.96. The molecule has 0 unspecified atom stereocenters. The third-order valence-electron chi connectivity index (χ3n) is 4.18. The number of halogens is 3. The van der Waals surface area contributed by atoms with Crippen LogP contribution < -0.4 is 9.64 Å². The molecule has 0 N–H and O–H groups in total. The lowest BCUT2D eigenvalue weighted by atomic mass is 10.2. The van der Waals surface area contributed by atoms with Gasteiger partial charge in [-0.1, -0.05) is 6.07 Å². The maximum atomic E-state index is 13.1. The van der Waals surface area contributed by atoms with Crippen molar-refractivity contribution in [2.24, 2.45) is 0 Å². The summed E-state index contributed by atoms with van der Waals surface area (Å²) in [5, 5.41) is 0. The highest BCUT2D eigenvalue weighted by atomic mass is 19.4. The van der Waals surface area contributed by atoms with E-state index in [1.165, 1.54) is 12.3 Å². The first-order chi connectivity index (χ1) is 12.0. The minimum Gasteiger partial charge on any atom is -0.481 e. The maximum absolute atomic E-state index is 13.1. The fourth-order valence-corrected chi connectivity index (χ4v) is 2.87. The van der Waals surface area contributed by atoms with Crippen molar-refractivity contribution in [1.82, 2.24) is 14.9 Å². The predicted molar refractivity (Wildman–Crippen MR) is 87.5 cm³/mol. The van der Waals surface area contributed by atoms with Crippen molar-refractivity contribution >= 4 is 5.82 Å². The molecular weight excluding hydrogens is 333 g/mol. The Hall–Kier alpha value is -2.35. The number of methoxy groups -OCH3 is 1. The van der Waals surface area contributed by atoms with E-state index in [0.29, 0.717) is 38.6 Å². The summed E-state index contributed by atoms with van der Waals surface area (Å²) in [4.78, 5) is 12.0. The molecule has 2 aromatic rings. The molecule has 3 rings (SSSR count). The van der Waals surface area contributed by atoms with Crippen molar-refractivity contribution in [3.8, 4) is 5.88 Å². The highest BCUT2D eigenvalue weighted by Crippen LogP contribution is 2.35. The zero-order valence-electron chi connectivity index (χ0n) is 13.8. The number of piperazine rings is 1. The largest absolute Gasteiger partial charge is 0.481 e. The summed E-state index contributed by atoms with van der Waals surface area (Å²) < 4.78 is 44.4. The summed E-state index contributed by atoms with van der Waals surface area (Å²) in [5.41, 5.74) is 0.367. The molecule has 5 nitrogen and oxygen atoms in total. The van der Waals surface area contributed by atoms with Gasteiger partial charge in [-0.25, -0.2) is 9.97 Å². The molecular formula is C17H19F3N4O.